The van der Waals surface area contributed by atoms with Crippen LogP contribution in [0.15, 0.2) is 81.9 Å². The number of amides is 2. The van der Waals surface area contributed by atoms with E-state index in [0.29, 0.717) is 26.9 Å². The lowest BCUT2D eigenvalue weighted by Crippen LogP contribution is -2.23. The second-order valence-corrected chi connectivity index (χ2v) is 11.0. The molecule has 0 bridgehead atoms. The van der Waals surface area contributed by atoms with Crippen molar-refractivity contribution < 1.29 is 19.5 Å². The molecule has 2 aromatic heterocycles. The smallest absolute Gasteiger partial charge is 0.336 e. The lowest BCUT2D eigenvalue weighted by Gasteiger charge is -2.07. The summed E-state index contributed by atoms with van der Waals surface area (Å²) in [7, 11) is 1.76. The van der Waals surface area contributed by atoms with Gasteiger partial charge >= 0.3 is 5.97 Å². The SMILES string of the molecule is Cc1c(NC(=O)CSc2nc3ccc(NC(=O)c4ccccc4C(=O)O)cc3s2)c(=O)n(-c2ccccc2)n1C. The maximum atomic E-state index is 13.0. The van der Waals surface area contributed by atoms with E-state index in [1.807, 2.05) is 30.3 Å². The standard InChI is InChI=1S/C28H23N5O5S2/c1-16-24(26(36)33(32(16)2)18-8-4-3-5-9-18)31-23(34)15-39-28-30-21-13-12-17(14-22(21)40-28)29-25(35)19-10-6-7-11-20(19)27(37)38/h3-14H,15H2,1-2H3,(H,29,35)(H,31,34)(H,37,38). The van der Waals surface area contributed by atoms with Gasteiger partial charge in [-0.15, -0.1) is 11.3 Å². The zero-order chi connectivity index (χ0) is 28.4. The van der Waals surface area contributed by atoms with Gasteiger partial charge in [0, 0.05) is 12.7 Å². The number of carbonyl (C=O) groups is 3. The molecule has 5 rings (SSSR count). The second-order valence-electron chi connectivity index (χ2n) is 8.74. The minimum absolute atomic E-state index is 0.0501. The number of aromatic nitrogens is 3. The third-order valence-corrected chi connectivity index (χ3v) is 8.34. The largest absolute Gasteiger partial charge is 0.478 e. The molecule has 0 atom stereocenters. The van der Waals surface area contributed by atoms with Crippen molar-refractivity contribution in [1.82, 2.24) is 14.3 Å². The fraction of sp³-hybridized carbons (Fsp3) is 0.107. The fourth-order valence-corrected chi connectivity index (χ4v) is 6.03. The summed E-state index contributed by atoms with van der Waals surface area (Å²) in [6.07, 6.45) is 0. The molecule has 0 saturated heterocycles. The first-order valence-electron chi connectivity index (χ1n) is 12.0. The summed E-state index contributed by atoms with van der Waals surface area (Å²) in [6.45, 7) is 1.77. The molecule has 5 aromatic rings. The van der Waals surface area contributed by atoms with Gasteiger partial charge in [0.1, 0.15) is 5.69 Å². The second kappa shape index (κ2) is 11.2. The van der Waals surface area contributed by atoms with Crippen molar-refractivity contribution >= 4 is 62.5 Å². The summed E-state index contributed by atoms with van der Waals surface area (Å²) in [5.74, 6) is -2.00. The lowest BCUT2D eigenvalue weighted by atomic mass is 10.1. The Hall–Kier alpha value is -4.68. The van der Waals surface area contributed by atoms with Crippen LogP contribution in [0.5, 0.6) is 0 Å². The first-order valence-corrected chi connectivity index (χ1v) is 13.8. The van der Waals surface area contributed by atoms with Crippen molar-refractivity contribution in [3.05, 3.63) is 100.0 Å². The molecule has 12 heteroatoms. The number of benzene rings is 3. The summed E-state index contributed by atoms with van der Waals surface area (Å²) in [5, 5.41) is 14.8. The van der Waals surface area contributed by atoms with Gasteiger partial charge in [0.05, 0.1) is 38.5 Å². The molecule has 0 aliphatic carbocycles. The minimum atomic E-state index is -1.18. The van der Waals surface area contributed by atoms with E-state index in [2.05, 4.69) is 15.6 Å². The Labute approximate surface area is 236 Å². The Balaban J connectivity index is 1.26. The zero-order valence-corrected chi connectivity index (χ0v) is 23.0. The van der Waals surface area contributed by atoms with Crippen LogP contribution in [0, 0.1) is 6.92 Å². The van der Waals surface area contributed by atoms with Gasteiger partial charge in [-0.3, -0.25) is 19.1 Å². The van der Waals surface area contributed by atoms with E-state index in [4.69, 9.17) is 0 Å². The van der Waals surface area contributed by atoms with Crippen molar-refractivity contribution in [3.63, 3.8) is 0 Å². The zero-order valence-electron chi connectivity index (χ0n) is 21.4. The van der Waals surface area contributed by atoms with Gasteiger partial charge in [-0.1, -0.05) is 42.1 Å². The van der Waals surface area contributed by atoms with Crippen molar-refractivity contribution in [2.24, 2.45) is 7.05 Å². The molecule has 0 aliphatic heterocycles. The molecular formula is C28H23N5O5S2. The molecule has 3 aromatic carbocycles. The molecule has 0 spiro atoms. The van der Waals surface area contributed by atoms with E-state index >= 15 is 0 Å². The number of para-hydroxylation sites is 1. The van der Waals surface area contributed by atoms with Crippen LogP contribution in [0.4, 0.5) is 11.4 Å². The maximum absolute atomic E-state index is 13.0. The van der Waals surface area contributed by atoms with E-state index in [0.717, 1.165) is 4.70 Å². The predicted octanol–water partition coefficient (Wildman–Crippen LogP) is 4.78. The van der Waals surface area contributed by atoms with Gasteiger partial charge in [0.25, 0.3) is 11.5 Å². The minimum Gasteiger partial charge on any atom is -0.478 e. The van der Waals surface area contributed by atoms with E-state index in [9.17, 15) is 24.3 Å². The fourth-order valence-electron chi connectivity index (χ4n) is 4.12. The van der Waals surface area contributed by atoms with Crippen molar-refractivity contribution in [2.45, 2.75) is 11.3 Å². The summed E-state index contributed by atoms with van der Waals surface area (Å²) in [4.78, 5) is 54.5. The highest BCUT2D eigenvalue weighted by Crippen LogP contribution is 2.31. The molecule has 3 N–H and O–H groups in total. The number of hydrogen-bond donors (Lipinski definition) is 3. The summed E-state index contributed by atoms with van der Waals surface area (Å²) in [6, 6.07) is 20.4. The van der Waals surface area contributed by atoms with Crippen LogP contribution in [-0.4, -0.2) is 43.0 Å². The predicted molar refractivity (Wildman–Crippen MR) is 156 cm³/mol. The molecular weight excluding hydrogens is 550 g/mol. The molecule has 40 heavy (non-hydrogen) atoms. The number of thioether (sulfide) groups is 1. The van der Waals surface area contributed by atoms with E-state index in [1.165, 1.54) is 39.9 Å². The van der Waals surface area contributed by atoms with Crippen LogP contribution in [0.1, 0.15) is 26.4 Å². The molecule has 10 nitrogen and oxygen atoms in total. The molecule has 0 unspecified atom stereocenters. The number of anilines is 2. The number of fused-ring (bicyclic) bond motifs is 1. The molecule has 0 fully saturated rings. The Morgan fingerprint density at radius 3 is 2.40 bits per heavy atom. The average molecular weight is 574 g/mol. The number of hydrogen-bond acceptors (Lipinski definition) is 7. The van der Waals surface area contributed by atoms with E-state index in [1.54, 1.807) is 49.0 Å². The van der Waals surface area contributed by atoms with Gasteiger partial charge < -0.3 is 15.7 Å². The van der Waals surface area contributed by atoms with Crippen molar-refractivity contribution in [1.29, 1.82) is 0 Å². The molecule has 0 aliphatic rings. The van der Waals surface area contributed by atoms with Crippen LogP contribution in [0.3, 0.4) is 0 Å². The van der Waals surface area contributed by atoms with E-state index < -0.39 is 11.9 Å². The monoisotopic (exact) mass is 573 g/mol. The summed E-state index contributed by atoms with van der Waals surface area (Å²) < 4.78 is 4.64. The molecule has 0 radical (unpaired) electrons. The lowest BCUT2D eigenvalue weighted by molar-refractivity contribution is -0.113. The van der Waals surface area contributed by atoms with Crippen LogP contribution in [0.25, 0.3) is 15.9 Å². The number of rotatable bonds is 8. The third-order valence-electron chi connectivity index (χ3n) is 6.17. The third kappa shape index (κ3) is 5.40. The number of carboxylic acids is 1. The normalized spacial score (nSPS) is 10.9. The highest BCUT2D eigenvalue weighted by atomic mass is 32.2. The number of nitrogens with one attached hydrogen (secondary N) is 2. The quantitative estimate of drug-likeness (QED) is 0.228. The number of nitrogens with zero attached hydrogens (tertiary/aromatic N) is 3. The Kier molecular flexibility index (Phi) is 7.54. The van der Waals surface area contributed by atoms with Crippen LogP contribution < -0.4 is 16.2 Å². The molecule has 202 valence electrons. The maximum Gasteiger partial charge on any atom is 0.336 e. The van der Waals surface area contributed by atoms with Crippen LogP contribution >= 0.6 is 23.1 Å². The molecule has 0 saturated carbocycles. The Morgan fingerprint density at radius 2 is 1.68 bits per heavy atom. The number of carbonyl (C=O) groups excluding carboxylic acids is 2. The van der Waals surface area contributed by atoms with Gasteiger partial charge in [-0.2, -0.15) is 0 Å². The first-order chi connectivity index (χ1) is 19.2. The Bertz CT molecular complexity index is 1820. The summed E-state index contributed by atoms with van der Waals surface area (Å²) >= 11 is 2.60. The van der Waals surface area contributed by atoms with Crippen LogP contribution in [-0.2, 0) is 11.8 Å². The van der Waals surface area contributed by atoms with Gasteiger partial charge in [-0.25, -0.2) is 14.5 Å². The average Bonchev–Trinajstić information content (AvgIpc) is 3.45. The first kappa shape index (κ1) is 26.9. The molecule has 2 amide bonds. The highest BCUT2D eigenvalue weighted by Gasteiger charge is 2.19. The summed E-state index contributed by atoms with van der Waals surface area (Å²) in [5.41, 5.74) is 2.41. The molecule has 2 heterocycles. The van der Waals surface area contributed by atoms with Crippen molar-refractivity contribution in [2.75, 3.05) is 16.4 Å². The number of aromatic carboxylic acids is 1. The van der Waals surface area contributed by atoms with Crippen molar-refractivity contribution in [3.8, 4) is 5.69 Å². The topological polar surface area (TPSA) is 135 Å². The van der Waals surface area contributed by atoms with E-state index in [-0.39, 0.29) is 34.0 Å². The number of thiazole rings is 1. The number of carboxylic acid groups (broad SMARTS) is 1. The van der Waals surface area contributed by atoms with Gasteiger partial charge in [-0.05, 0) is 49.4 Å². The Morgan fingerprint density at radius 1 is 0.975 bits per heavy atom. The van der Waals surface area contributed by atoms with Crippen LogP contribution in [0.2, 0.25) is 0 Å². The highest BCUT2D eigenvalue weighted by molar-refractivity contribution is 8.01. The van der Waals surface area contributed by atoms with Gasteiger partial charge in [0.15, 0.2) is 4.34 Å². The van der Waals surface area contributed by atoms with Gasteiger partial charge in [0.2, 0.25) is 5.91 Å².